The summed E-state index contributed by atoms with van der Waals surface area (Å²) in [7, 11) is 3.04. The van der Waals surface area contributed by atoms with E-state index in [1.54, 1.807) is 20.8 Å². The van der Waals surface area contributed by atoms with Gasteiger partial charge >= 0.3 is 12.1 Å². The molecule has 1 amide bonds. The molecule has 0 aromatic carbocycles. The molecule has 2 heterocycles. The molecule has 26 heavy (non-hydrogen) atoms. The second-order valence-corrected chi connectivity index (χ2v) is 7.61. The summed E-state index contributed by atoms with van der Waals surface area (Å²) >= 11 is 0. The number of aliphatic hydroxyl groups excluding tert-OH is 1. The van der Waals surface area contributed by atoms with Crippen LogP contribution in [0.4, 0.5) is 13.6 Å². The minimum Gasteiger partial charge on any atom is -0.467 e. The Kier molecular flexibility index (Phi) is 8.20. The molecule has 2 fully saturated rings. The third-order valence-corrected chi connectivity index (χ3v) is 4.20. The van der Waals surface area contributed by atoms with Crippen LogP contribution < -0.4 is 0 Å². The lowest BCUT2D eigenvalue weighted by Gasteiger charge is -2.27. The topological polar surface area (TPSA) is 79.3 Å². The Morgan fingerprint density at radius 3 is 2.12 bits per heavy atom. The Balaban J connectivity index is 0.000000314. The van der Waals surface area contributed by atoms with Crippen molar-refractivity contribution in [3.8, 4) is 0 Å². The van der Waals surface area contributed by atoms with Crippen molar-refractivity contribution in [2.24, 2.45) is 0 Å². The molecule has 0 aromatic heterocycles. The van der Waals surface area contributed by atoms with E-state index >= 15 is 0 Å². The number of esters is 1. The van der Waals surface area contributed by atoms with Crippen molar-refractivity contribution in [2.75, 3.05) is 33.9 Å². The maximum absolute atomic E-state index is 13.3. The van der Waals surface area contributed by atoms with Gasteiger partial charge in [-0.25, -0.2) is 18.4 Å². The Morgan fingerprint density at radius 2 is 1.73 bits per heavy atom. The number of aliphatic hydroxyl groups is 1. The smallest absolute Gasteiger partial charge is 0.411 e. The van der Waals surface area contributed by atoms with Crippen molar-refractivity contribution < 1.29 is 33.0 Å². The largest absolute Gasteiger partial charge is 0.467 e. The van der Waals surface area contributed by atoms with Gasteiger partial charge in [-0.1, -0.05) is 0 Å². The predicted molar refractivity (Wildman–Crippen MR) is 91.3 cm³/mol. The summed E-state index contributed by atoms with van der Waals surface area (Å²) in [6, 6.07) is -0.829. The van der Waals surface area contributed by atoms with Crippen molar-refractivity contribution in [1.29, 1.82) is 0 Å². The van der Waals surface area contributed by atoms with Gasteiger partial charge in [0.1, 0.15) is 24.0 Å². The second kappa shape index (κ2) is 9.45. The van der Waals surface area contributed by atoms with E-state index in [1.165, 1.54) is 7.11 Å². The van der Waals surface area contributed by atoms with Crippen molar-refractivity contribution in [1.82, 2.24) is 9.80 Å². The molecule has 0 unspecified atom stereocenters. The maximum Gasteiger partial charge on any atom is 0.411 e. The van der Waals surface area contributed by atoms with E-state index in [0.717, 1.165) is 4.90 Å². The number of carbonyl (C=O) groups excluding carboxylic acids is 2. The van der Waals surface area contributed by atoms with Crippen LogP contribution >= 0.6 is 0 Å². The van der Waals surface area contributed by atoms with Crippen LogP contribution in [0.3, 0.4) is 0 Å². The van der Waals surface area contributed by atoms with Crippen LogP contribution in [-0.4, -0.2) is 90.9 Å². The Bertz CT molecular complexity index is 486. The third-order valence-electron chi connectivity index (χ3n) is 4.20. The first-order valence-electron chi connectivity index (χ1n) is 8.65. The van der Waals surface area contributed by atoms with Gasteiger partial charge < -0.3 is 14.6 Å². The van der Waals surface area contributed by atoms with E-state index in [2.05, 4.69) is 4.74 Å². The number of rotatable bonds is 2. The van der Waals surface area contributed by atoms with E-state index in [1.807, 2.05) is 11.9 Å². The van der Waals surface area contributed by atoms with Gasteiger partial charge in [0.05, 0.1) is 20.3 Å². The van der Waals surface area contributed by atoms with Gasteiger partial charge in [-0.05, 0) is 34.2 Å². The molecular weight excluding hydrogens is 350 g/mol. The molecule has 7 nitrogen and oxygen atoms in total. The molecule has 2 aliphatic heterocycles. The summed E-state index contributed by atoms with van der Waals surface area (Å²) in [6.45, 7) is 5.56. The highest BCUT2D eigenvalue weighted by molar-refractivity contribution is 5.82. The van der Waals surface area contributed by atoms with E-state index in [4.69, 9.17) is 9.84 Å². The molecule has 0 aromatic rings. The number of likely N-dealkylation sites (tertiary alicyclic amines) is 2. The summed E-state index contributed by atoms with van der Waals surface area (Å²) < 4.78 is 35.4. The van der Waals surface area contributed by atoms with Crippen LogP contribution in [0.5, 0.6) is 0 Å². The minimum atomic E-state index is -1.22. The fraction of sp³-hybridized carbons (Fsp3) is 0.882. The number of carbonyl (C=O) groups is 2. The van der Waals surface area contributed by atoms with E-state index in [-0.39, 0.29) is 25.6 Å². The quantitative estimate of drug-likeness (QED) is 0.732. The molecule has 0 bridgehead atoms. The zero-order valence-corrected chi connectivity index (χ0v) is 16.1. The molecule has 0 radical (unpaired) electrons. The fourth-order valence-corrected chi connectivity index (χ4v) is 2.89. The monoisotopic (exact) mass is 380 g/mol. The molecule has 2 saturated heterocycles. The zero-order chi connectivity index (χ0) is 20.1. The van der Waals surface area contributed by atoms with Gasteiger partial charge in [0.15, 0.2) is 0 Å². The highest BCUT2D eigenvalue weighted by atomic mass is 19.1. The highest BCUT2D eigenvalue weighted by Gasteiger charge is 2.42. The molecule has 2 rings (SSSR count). The number of nitrogens with zero attached hydrogens (tertiary/aromatic N) is 2. The van der Waals surface area contributed by atoms with Crippen molar-refractivity contribution >= 4 is 12.1 Å². The average molecular weight is 380 g/mol. The normalized spacial score (nSPS) is 29.2. The van der Waals surface area contributed by atoms with E-state index < -0.39 is 36.0 Å². The molecule has 2 aliphatic rings. The van der Waals surface area contributed by atoms with Gasteiger partial charge in [-0.2, -0.15) is 0 Å². The van der Waals surface area contributed by atoms with Gasteiger partial charge in [-0.3, -0.25) is 9.80 Å². The van der Waals surface area contributed by atoms with Crippen LogP contribution in [0.1, 0.15) is 33.6 Å². The summed E-state index contributed by atoms with van der Waals surface area (Å²) in [6.07, 6.45) is -2.18. The Hall–Kier alpha value is -1.48. The number of ether oxygens (including phenoxy) is 2. The summed E-state index contributed by atoms with van der Waals surface area (Å²) in [5.74, 6) is -0.615. The molecule has 1 N–H and O–H groups in total. The number of amides is 1. The Labute approximate surface area is 153 Å². The van der Waals surface area contributed by atoms with Gasteiger partial charge in [0, 0.05) is 19.0 Å². The van der Waals surface area contributed by atoms with Crippen LogP contribution in [0.25, 0.3) is 0 Å². The first kappa shape index (κ1) is 22.6. The first-order valence-corrected chi connectivity index (χ1v) is 8.65. The third kappa shape index (κ3) is 6.68. The predicted octanol–water partition coefficient (Wildman–Crippen LogP) is 1.53. The van der Waals surface area contributed by atoms with Gasteiger partial charge in [0.25, 0.3) is 0 Å². The van der Waals surface area contributed by atoms with Crippen molar-refractivity contribution in [3.63, 3.8) is 0 Å². The fourth-order valence-electron chi connectivity index (χ4n) is 2.89. The average Bonchev–Trinajstić information content (AvgIpc) is 3.07. The van der Waals surface area contributed by atoms with E-state index in [9.17, 15) is 18.4 Å². The van der Waals surface area contributed by atoms with Crippen LogP contribution in [0.15, 0.2) is 0 Å². The number of alkyl halides is 2. The molecule has 0 saturated carbocycles. The number of halogens is 2. The molecule has 9 heteroatoms. The molecule has 0 spiro atoms. The molecule has 0 aliphatic carbocycles. The lowest BCUT2D eigenvalue weighted by atomic mass is 10.2. The molecular formula is C17H30F2N2O5. The number of hydrogen-bond donors (Lipinski definition) is 1. The van der Waals surface area contributed by atoms with Crippen LogP contribution in [0.2, 0.25) is 0 Å². The van der Waals surface area contributed by atoms with Crippen LogP contribution in [-0.2, 0) is 14.3 Å². The minimum absolute atomic E-state index is 0.0358. The molecule has 152 valence electrons. The van der Waals surface area contributed by atoms with Gasteiger partial charge in [-0.15, -0.1) is 0 Å². The van der Waals surface area contributed by atoms with Gasteiger partial charge in [0.2, 0.25) is 0 Å². The highest BCUT2D eigenvalue weighted by Crippen LogP contribution is 2.24. The summed E-state index contributed by atoms with van der Waals surface area (Å²) in [5.41, 5.74) is -0.674. The maximum atomic E-state index is 13.3. The zero-order valence-electron chi connectivity index (χ0n) is 16.1. The Morgan fingerprint density at radius 1 is 1.15 bits per heavy atom. The number of hydrogen-bond acceptors (Lipinski definition) is 6. The van der Waals surface area contributed by atoms with Crippen molar-refractivity contribution in [3.05, 3.63) is 0 Å². The lowest BCUT2D eigenvalue weighted by molar-refractivity contribution is -0.145. The number of likely N-dealkylation sites (N-methyl/N-ethyl adjacent to an activating group) is 1. The molecule has 4 atom stereocenters. The lowest BCUT2D eigenvalue weighted by Crippen LogP contribution is -2.43. The number of methoxy groups -OCH3 is 1. The summed E-state index contributed by atoms with van der Waals surface area (Å²) in [4.78, 5) is 26.1. The summed E-state index contributed by atoms with van der Waals surface area (Å²) in [5, 5.41) is 8.65. The SMILES string of the molecule is CN1C[C@@H](F)C[C@H]1CO.COC(=O)[C@@H]1C[C@H](F)CN1C(=O)OC(C)(C)C. The standard InChI is InChI=1S/C11H18FNO4.C6H12FNO/c1-11(2,3)17-10(15)13-6-7(12)5-8(13)9(14)16-4;1-8-3-5(7)2-6(8)4-9/h7-8H,5-6H2,1-4H3;5-6,9H,2-4H2,1H3/t7-,8-;5-,6-/m00/s1. The second-order valence-electron chi connectivity index (χ2n) is 7.61. The first-order chi connectivity index (χ1) is 12.0. The van der Waals surface area contributed by atoms with E-state index in [0.29, 0.717) is 13.0 Å². The van der Waals surface area contributed by atoms with Crippen molar-refractivity contribution in [2.45, 2.75) is 63.6 Å². The van der Waals surface area contributed by atoms with Crippen LogP contribution in [0, 0.1) is 0 Å².